The van der Waals surface area contributed by atoms with E-state index in [1.165, 1.54) is 6.07 Å². The van der Waals surface area contributed by atoms with Crippen LogP contribution in [0.2, 0.25) is 5.02 Å². The van der Waals surface area contributed by atoms with Crippen molar-refractivity contribution in [1.29, 1.82) is 0 Å². The van der Waals surface area contributed by atoms with Gasteiger partial charge in [0.2, 0.25) is 5.91 Å². The Balaban J connectivity index is 0.00000147. The van der Waals surface area contributed by atoms with Crippen LogP contribution in [-0.2, 0) is 11.2 Å². The Labute approximate surface area is 128 Å². The van der Waals surface area contributed by atoms with Crippen molar-refractivity contribution in [3.8, 4) is 0 Å². The molecule has 0 spiro atoms. The van der Waals surface area contributed by atoms with Crippen molar-refractivity contribution < 1.29 is 9.18 Å². The Morgan fingerprint density at radius 2 is 2.00 bits per heavy atom. The molecule has 2 fully saturated rings. The molecule has 2 heterocycles. The van der Waals surface area contributed by atoms with Gasteiger partial charge in [-0.1, -0.05) is 17.7 Å². The van der Waals surface area contributed by atoms with Crippen LogP contribution in [-0.4, -0.2) is 37.0 Å². The van der Waals surface area contributed by atoms with Crippen LogP contribution < -0.4 is 5.32 Å². The van der Waals surface area contributed by atoms with Crippen molar-refractivity contribution in [1.82, 2.24) is 10.2 Å². The van der Waals surface area contributed by atoms with E-state index < -0.39 is 5.82 Å². The number of nitrogens with zero attached hydrogens (tertiary/aromatic N) is 1. The molecule has 110 valence electrons. The zero-order valence-corrected chi connectivity index (χ0v) is 12.5. The molecule has 0 aromatic heterocycles. The van der Waals surface area contributed by atoms with Crippen molar-refractivity contribution in [2.24, 2.45) is 11.8 Å². The third-order valence-electron chi connectivity index (χ3n) is 4.13. The number of halogens is 3. The highest BCUT2D eigenvalue weighted by Crippen LogP contribution is 2.27. The molecular weight excluding hydrogens is 302 g/mol. The standard InChI is InChI=1S/C14H16ClFN2O.ClH/c15-12-2-1-3-13(16)11(12)4-14(19)18-7-9-5-17-6-10(9)8-18;/h1-3,9-10,17H,4-8H2;1H/t9-,10+;. The van der Waals surface area contributed by atoms with Gasteiger partial charge in [0.05, 0.1) is 6.42 Å². The van der Waals surface area contributed by atoms with Crippen LogP contribution in [0.15, 0.2) is 18.2 Å². The number of carbonyl (C=O) groups is 1. The highest BCUT2D eigenvalue weighted by atomic mass is 35.5. The molecule has 1 aromatic carbocycles. The number of amides is 1. The molecule has 0 aliphatic carbocycles. The molecule has 0 saturated carbocycles. The summed E-state index contributed by atoms with van der Waals surface area (Å²) in [5.41, 5.74) is 0.310. The minimum absolute atomic E-state index is 0. The fourth-order valence-electron chi connectivity index (χ4n) is 3.02. The zero-order valence-electron chi connectivity index (χ0n) is 10.9. The predicted octanol–water partition coefficient (Wildman–Crippen LogP) is 2.12. The normalized spacial score (nSPS) is 24.4. The van der Waals surface area contributed by atoms with E-state index in [2.05, 4.69) is 5.32 Å². The van der Waals surface area contributed by atoms with Gasteiger partial charge in [0, 0.05) is 36.8 Å². The molecule has 1 aromatic rings. The number of fused-ring (bicyclic) bond motifs is 1. The van der Waals surface area contributed by atoms with E-state index in [9.17, 15) is 9.18 Å². The number of nitrogens with one attached hydrogen (secondary N) is 1. The summed E-state index contributed by atoms with van der Waals surface area (Å²) in [6.45, 7) is 3.52. The van der Waals surface area contributed by atoms with Crippen molar-refractivity contribution in [3.05, 3.63) is 34.6 Å². The number of hydrogen-bond donors (Lipinski definition) is 1. The number of hydrogen-bond acceptors (Lipinski definition) is 2. The minimum Gasteiger partial charge on any atom is -0.342 e. The number of rotatable bonds is 2. The van der Waals surface area contributed by atoms with E-state index in [1.807, 2.05) is 4.90 Å². The first kappa shape index (κ1) is 15.5. The molecule has 20 heavy (non-hydrogen) atoms. The lowest BCUT2D eigenvalue weighted by Crippen LogP contribution is -2.33. The topological polar surface area (TPSA) is 32.3 Å². The third kappa shape index (κ3) is 2.92. The molecule has 3 nitrogen and oxygen atoms in total. The molecule has 0 radical (unpaired) electrons. The molecule has 6 heteroatoms. The molecule has 2 aliphatic heterocycles. The summed E-state index contributed by atoms with van der Waals surface area (Å²) in [4.78, 5) is 14.1. The predicted molar refractivity (Wildman–Crippen MR) is 78.8 cm³/mol. The van der Waals surface area contributed by atoms with Crippen molar-refractivity contribution in [3.63, 3.8) is 0 Å². The first-order chi connectivity index (χ1) is 9.15. The van der Waals surface area contributed by atoms with Gasteiger partial charge in [-0.3, -0.25) is 4.79 Å². The summed E-state index contributed by atoms with van der Waals surface area (Å²) >= 11 is 5.96. The van der Waals surface area contributed by atoms with Crippen LogP contribution in [0, 0.1) is 17.7 Å². The molecule has 1 amide bonds. The van der Waals surface area contributed by atoms with Gasteiger partial charge >= 0.3 is 0 Å². The molecule has 1 N–H and O–H groups in total. The first-order valence-electron chi connectivity index (χ1n) is 6.56. The average Bonchev–Trinajstić information content (AvgIpc) is 2.94. The molecule has 3 rings (SSSR count). The maximum atomic E-state index is 13.7. The molecule has 2 atom stereocenters. The summed E-state index contributed by atoms with van der Waals surface area (Å²) in [5, 5.41) is 3.66. The van der Waals surface area contributed by atoms with Crippen LogP contribution in [0.3, 0.4) is 0 Å². The highest BCUT2D eigenvalue weighted by molar-refractivity contribution is 6.31. The Hall–Kier alpha value is -0.840. The molecule has 2 saturated heterocycles. The average molecular weight is 319 g/mol. The molecule has 0 bridgehead atoms. The van der Waals surface area contributed by atoms with E-state index in [-0.39, 0.29) is 24.7 Å². The van der Waals surface area contributed by atoms with E-state index in [4.69, 9.17) is 11.6 Å². The van der Waals surface area contributed by atoms with Crippen LogP contribution in [0.25, 0.3) is 0 Å². The fourth-order valence-corrected chi connectivity index (χ4v) is 3.25. The first-order valence-corrected chi connectivity index (χ1v) is 6.94. The summed E-state index contributed by atoms with van der Waals surface area (Å²) in [7, 11) is 0. The van der Waals surface area contributed by atoms with Crippen LogP contribution in [0.5, 0.6) is 0 Å². The smallest absolute Gasteiger partial charge is 0.227 e. The Morgan fingerprint density at radius 3 is 2.60 bits per heavy atom. The van der Waals surface area contributed by atoms with E-state index in [1.54, 1.807) is 12.1 Å². The van der Waals surface area contributed by atoms with Crippen LogP contribution in [0.4, 0.5) is 4.39 Å². The fraction of sp³-hybridized carbons (Fsp3) is 0.500. The Bertz CT molecular complexity index is 480. The Morgan fingerprint density at radius 1 is 1.35 bits per heavy atom. The SMILES string of the molecule is Cl.O=C(Cc1c(F)cccc1Cl)N1C[C@H]2CNC[C@H]2C1. The molecular formula is C14H17Cl2FN2O. The van der Waals surface area contributed by atoms with Crippen molar-refractivity contribution >= 4 is 29.9 Å². The van der Waals surface area contributed by atoms with Crippen LogP contribution >= 0.6 is 24.0 Å². The van der Waals surface area contributed by atoms with E-state index in [0.717, 1.165) is 26.2 Å². The summed E-state index contributed by atoms with van der Waals surface area (Å²) < 4.78 is 13.7. The van der Waals surface area contributed by atoms with Crippen LogP contribution in [0.1, 0.15) is 5.56 Å². The second-order valence-electron chi connectivity index (χ2n) is 5.35. The van der Waals surface area contributed by atoms with Gasteiger partial charge in [-0.05, 0) is 24.0 Å². The lowest BCUT2D eigenvalue weighted by Gasteiger charge is -2.18. The van der Waals surface area contributed by atoms with Gasteiger partial charge in [0.25, 0.3) is 0 Å². The summed E-state index contributed by atoms with van der Waals surface area (Å²) in [6.07, 6.45) is 0.0539. The van der Waals surface area contributed by atoms with Gasteiger partial charge in [0.15, 0.2) is 0 Å². The quantitative estimate of drug-likeness (QED) is 0.906. The van der Waals surface area contributed by atoms with Gasteiger partial charge in [-0.25, -0.2) is 4.39 Å². The van der Waals surface area contributed by atoms with Crippen molar-refractivity contribution in [2.45, 2.75) is 6.42 Å². The second kappa shape index (κ2) is 6.29. The maximum absolute atomic E-state index is 13.7. The monoisotopic (exact) mass is 318 g/mol. The lowest BCUT2D eigenvalue weighted by atomic mass is 10.0. The Kier molecular flexibility index (Phi) is 4.89. The number of carbonyl (C=O) groups excluding carboxylic acids is 1. The summed E-state index contributed by atoms with van der Waals surface area (Å²) in [5.74, 6) is 0.684. The second-order valence-corrected chi connectivity index (χ2v) is 5.76. The van der Waals surface area contributed by atoms with Gasteiger partial charge in [0.1, 0.15) is 5.82 Å². The highest BCUT2D eigenvalue weighted by Gasteiger charge is 2.38. The zero-order chi connectivity index (χ0) is 13.4. The summed E-state index contributed by atoms with van der Waals surface area (Å²) in [6, 6.07) is 4.52. The van der Waals surface area contributed by atoms with E-state index >= 15 is 0 Å². The van der Waals surface area contributed by atoms with Crippen molar-refractivity contribution in [2.75, 3.05) is 26.2 Å². The van der Waals surface area contributed by atoms with Gasteiger partial charge in [-0.2, -0.15) is 0 Å². The third-order valence-corrected chi connectivity index (χ3v) is 4.49. The number of benzene rings is 1. The molecule has 2 aliphatic rings. The molecule has 0 unspecified atom stereocenters. The van der Waals surface area contributed by atoms with Gasteiger partial charge in [-0.15, -0.1) is 12.4 Å². The maximum Gasteiger partial charge on any atom is 0.227 e. The van der Waals surface area contributed by atoms with E-state index in [0.29, 0.717) is 22.4 Å². The minimum atomic E-state index is -0.401. The number of likely N-dealkylation sites (tertiary alicyclic amines) is 1. The largest absolute Gasteiger partial charge is 0.342 e. The lowest BCUT2D eigenvalue weighted by molar-refractivity contribution is -0.129. The van der Waals surface area contributed by atoms with Gasteiger partial charge < -0.3 is 10.2 Å².